The summed E-state index contributed by atoms with van der Waals surface area (Å²) in [5, 5.41) is 2.97. The van der Waals surface area contributed by atoms with Crippen LogP contribution in [0.1, 0.15) is 5.56 Å². The Morgan fingerprint density at radius 2 is 1.96 bits per heavy atom. The van der Waals surface area contributed by atoms with Crippen LogP contribution < -0.4 is 10.2 Å². The minimum absolute atomic E-state index is 0.0487. The average molecular weight is 375 g/mol. The Hall–Kier alpha value is -2.08. The minimum atomic E-state index is -0.0487. The molecule has 0 unspecified atom stereocenters. The van der Waals surface area contributed by atoms with Crippen LogP contribution in [-0.4, -0.2) is 42.1 Å². The summed E-state index contributed by atoms with van der Waals surface area (Å²) < 4.78 is 1.04. The van der Waals surface area contributed by atoms with Crippen molar-refractivity contribution >= 4 is 33.5 Å². The van der Waals surface area contributed by atoms with Gasteiger partial charge in [0.2, 0.25) is 0 Å². The number of carbonyl (C=O) groups is 1. The first kappa shape index (κ1) is 15.8. The molecule has 0 saturated carbocycles. The Labute approximate surface area is 144 Å². The Balaban J connectivity index is 1.57. The maximum Gasteiger partial charge on any atom is 0.321 e. The van der Waals surface area contributed by atoms with E-state index in [9.17, 15) is 4.79 Å². The lowest BCUT2D eigenvalue weighted by molar-refractivity contribution is 0.208. The zero-order valence-corrected chi connectivity index (χ0v) is 14.6. The van der Waals surface area contributed by atoms with Gasteiger partial charge in [-0.05, 0) is 42.8 Å². The van der Waals surface area contributed by atoms with Gasteiger partial charge in [0.15, 0.2) is 0 Å². The van der Waals surface area contributed by atoms with Gasteiger partial charge in [0, 0.05) is 42.5 Å². The van der Waals surface area contributed by atoms with Crippen LogP contribution in [0, 0.1) is 6.92 Å². The van der Waals surface area contributed by atoms with Crippen molar-refractivity contribution in [3.8, 4) is 0 Å². The number of aromatic nitrogens is 1. The number of pyridine rings is 1. The SMILES string of the molecule is Cc1cc(NC(=O)N2CCN(c3ccccn3)CC2)ccc1Br. The molecule has 1 fully saturated rings. The van der Waals surface area contributed by atoms with E-state index in [0.29, 0.717) is 13.1 Å². The number of benzene rings is 1. The van der Waals surface area contributed by atoms with Gasteiger partial charge in [0.25, 0.3) is 0 Å². The lowest BCUT2D eigenvalue weighted by atomic mass is 10.2. The Morgan fingerprint density at radius 1 is 1.17 bits per heavy atom. The van der Waals surface area contributed by atoms with Crippen molar-refractivity contribution in [2.75, 3.05) is 36.4 Å². The molecule has 23 heavy (non-hydrogen) atoms. The Kier molecular flexibility index (Phi) is 4.81. The number of carbonyl (C=O) groups excluding carboxylic acids is 1. The molecule has 1 aliphatic heterocycles. The molecule has 0 radical (unpaired) electrons. The van der Waals surface area contributed by atoms with Crippen LogP contribution in [-0.2, 0) is 0 Å². The van der Waals surface area contributed by atoms with Crippen LogP contribution in [0.15, 0.2) is 47.1 Å². The Morgan fingerprint density at radius 3 is 2.61 bits per heavy atom. The fraction of sp³-hybridized carbons (Fsp3) is 0.294. The molecule has 1 aromatic heterocycles. The molecule has 1 aromatic carbocycles. The highest BCUT2D eigenvalue weighted by Gasteiger charge is 2.21. The van der Waals surface area contributed by atoms with Gasteiger partial charge in [-0.1, -0.05) is 22.0 Å². The molecule has 0 bridgehead atoms. The molecule has 3 rings (SSSR count). The number of nitrogens with zero attached hydrogens (tertiary/aromatic N) is 3. The summed E-state index contributed by atoms with van der Waals surface area (Å²) in [5.74, 6) is 0.969. The number of amides is 2. The molecular formula is C17H19BrN4O. The third kappa shape index (κ3) is 3.82. The standard InChI is InChI=1S/C17H19BrN4O/c1-13-12-14(5-6-15(13)18)20-17(23)22-10-8-21(9-11-22)16-4-2-3-7-19-16/h2-7,12H,8-11H2,1H3,(H,20,23). The number of hydrogen-bond acceptors (Lipinski definition) is 3. The smallest absolute Gasteiger partial charge is 0.321 e. The van der Waals surface area contributed by atoms with E-state index in [2.05, 4.69) is 31.1 Å². The molecular weight excluding hydrogens is 356 g/mol. The number of hydrogen-bond donors (Lipinski definition) is 1. The van der Waals surface area contributed by atoms with Gasteiger partial charge in [-0.15, -0.1) is 0 Å². The van der Waals surface area contributed by atoms with Gasteiger partial charge < -0.3 is 15.1 Å². The molecule has 120 valence electrons. The molecule has 1 saturated heterocycles. The maximum atomic E-state index is 12.4. The lowest BCUT2D eigenvalue weighted by Gasteiger charge is -2.35. The number of aryl methyl sites for hydroxylation is 1. The maximum absolute atomic E-state index is 12.4. The van der Waals surface area contributed by atoms with Crippen LogP contribution in [0.4, 0.5) is 16.3 Å². The van der Waals surface area contributed by atoms with E-state index >= 15 is 0 Å². The second-order valence-electron chi connectivity index (χ2n) is 5.56. The fourth-order valence-electron chi connectivity index (χ4n) is 2.60. The molecule has 6 heteroatoms. The molecule has 0 aliphatic carbocycles. The third-order valence-corrected chi connectivity index (χ3v) is 4.84. The topological polar surface area (TPSA) is 48.5 Å². The summed E-state index contributed by atoms with van der Waals surface area (Å²) in [6.07, 6.45) is 1.80. The van der Waals surface area contributed by atoms with Crippen molar-refractivity contribution in [3.63, 3.8) is 0 Å². The van der Waals surface area contributed by atoms with Crippen LogP contribution >= 0.6 is 15.9 Å². The molecule has 1 N–H and O–H groups in total. The van der Waals surface area contributed by atoms with E-state index in [4.69, 9.17) is 0 Å². The summed E-state index contributed by atoms with van der Waals surface area (Å²) in [5.41, 5.74) is 1.92. The predicted molar refractivity (Wildman–Crippen MR) is 95.9 cm³/mol. The van der Waals surface area contributed by atoms with Gasteiger partial charge in [-0.3, -0.25) is 0 Å². The average Bonchev–Trinajstić information content (AvgIpc) is 2.59. The van der Waals surface area contributed by atoms with Crippen LogP contribution in [0.3, 0.4) is 0 Å². The first-order valence-electron chi connectivity index (χ1n) is 7.61. The first-order chi connectivity index (χ1) is 11.1. The van der Waals surface area contributed by atoms with Gasteiger partial charge in [0.1, 0.15) is 5.82 Å². The van der Waals surface area contributed by atoms with Crippen LogP contribution in [0.2, 0.25) is 0 Å². The van der Waals surface area contributed by atoms with Crippen molar-refractivity contribution in [3.05, 3.63) is 52.6 Å². The van der Waals surface area contributed by atoms with Crippen molar-refractivity contribution in [2.24, 2.45) is 0 Å². The quantitative estimate of drug-likeness (QED) is 0.874. The summed E-state index contributed by atoms with van der Waals surface area (Å²) in [7, 11) is 0. The highest BCUT2D eigenvalue weighted by molar-refractivity contribution is 9.10. The monoisotopic (exact) mass is 374 g/mol. The van der Waals surface area contributed by atoms with Crippen molar-refractivity contribution in [1.29, 1.82) is 0 Å². The molecule has 2 amide bonds. The van der Waals surface area contributed by atoms with E-state index in [-0.39, 0.29) is 6.03 Å². The fourth-order valence-corrected chi connectivity index (χ4v) is 2.85. The second-order valence-corrected chi connectivity index (χ2v) is 6.41. The van der Waals surface area contributed by atoms with E-state index in [1.54, 1.807) is 6.20 Å². The molecule has 1 aliphatic rings. The zero-order valence-electron chi connectivity index (χ0n) is 13.0. The van der Waals surface area contributed by atoms with E-state index in [1.807, 2.05) is 48.2 Å². The molecule has 2 heterocycles. The number of halogens is 1. The van der Waals surface area contributed by atoms with E-state index in [0.717, 1.165) is 34.6 Å². The predicted octanol–water partition coefficient (Wildman–Crippen LogP) is 3.51. The minimum Gasteiger partial charge on any atom is -0.353 e. The van der Waals surface area contributed by atoms with Crippen molar-refractivity contribution in [2.45, 2.75) is 6.92 Å². The number of piperazine rings is 1. The van der Waals surface area contributed by atoms with Crippen LogP contribution in [0.25, 0.3) is 0 Å². The lowest BCUT2D eigenvalue weighted by Crippen LogP contribution is -2.50. The molecule has 2 aromatic rings. The van der Waals surface area contributed by atoms with Gasteiger partial charge >= 0.3 is 6.03 Å². The summed E-state index contributed by atoms with van der Waals surface area (Å²) in [6, 6.07) is 11.7. The van der Waals surface area contributed by atoms with Gasteiger partial charge in [-0.25, -0.2) is 9.78 Å². The van der Waals surface area contributed by atoms with Gasteiger partial charge in [0.05, 0.1) is 0 Å². The normalized spacial score (nSPS) is 14.7. The number of rotatable bonds is 2. The van der Waals surface area contributed by atoms with Crippen molar-refractivity contribution in [1.82, 2.24) is 9.88 Å². The van der Waals surface area contributed by atoms with E-state index in [1.165, 1.54) is 0 Å². The highest BCUT2D eigenvalue weighted by atomic mass is 79.9. The number of anilines is 2. The summed E-state index contributed by atoms with van der Waals surface area (Å²) >= 11 is 3.47. The van der Waals surface area contributed by atoms with Crippen molar-refractivity contribution < 1.29 is 4.79 Å². The summed E-state index contributed by atoms with van der Waals surface area (Å²) in [4.78, 5) is 20.8. The Bertz CT molecular complexity index is 684. The van der Waals surface area contributed by atoms with Crippen LogP contribution in [0.5, 0.6) is 0 Å². The second kappa shape index (κ2) is 7.00. The molecule has 0 spiro atoms. The molecule has 5 nitrogen and oxygen atoms in total. The number of nitrogens with one attached hydrogen (secondary N) is 1. The molecule has 0 atom stereocenters. The summed E-state index contributed by atoms with van der Waals surface area (Å²) in [6.45, 7) is 4.98. The largest absolute Gasteiger partial charge is 0.353 e. The first-order valence-corrected chi connectivity index (χ1v) is 8.41. The third-order valence-electron chi connectivity index (χ3n) is 3.95. The highest BCUT2D eigenvalue weighted by Crippen LogP contribution is 2.20. The van der Waals surface area contributed by atoms with Gasteiger partial charge in [-0.2, -0.15) is 0 Å². The number of urea groups is 1. The zero-order chi connectivity index (χ0) is 16.2. The van der Waals surface area contributed by atoms with E-state index < -0.39 is 0 Å².